The van der Waals surface area contributed by atoms with Crippen molar-refractivity contribution in [2.24, 2.45) is 4.99 Å². The first-order chi connectivity index (χ1) is 13.3. The van der Waals surface area contributed by atoms with Crippen LogP contribution in [0.15, 0.2) is 47.7 Å². The van der Waals surface area contributed by atoms with Crippen LogP contribution in [-0.4, -0.2) is 32.1 Å². The summed E-state index contributed by atoms with van der Waals surface area (Å²) in [5, 5.41) is 12.1. The highest BCUT2D eigenvalue weighted by Crippen LogP contribution is 2.30. The number of phenols is 1. The van der Waals surface area contributed by atoms with Gasteiger partial charge in [0.25, 0.3) is 0 Å². The van der Waals surface area contributed by atoms with Crippen LogP contribution in [0.1, 0.15) is 38.2 Å². The Morgan fingerprint density at radius 3 is 2.85 bits per heavy atom. The molecule has 0 aliphatic carbocycles. The van der Waals surface area contributed by atoms with Gasteiger partial charge < -0.3 is 5.11 Å². The van der Waals surface area contributed by atoms with Crippen molar-refractivity contribution in [3.05, 3.63) is 48.3 Å². The van der Waals surface area contributed by atoms with E-state index in [1.54, 1.807) is 23.9 Å². The lowest BCUT2D eigenvalue weighted by Gasteiger charge is -2.05. The SMILES string of the molecule is CCCCCCc1cn(C2=NCCS2)c2ncc(-c3cccc(O)c3)cc12. The van der Waals surface area contributed by atoms with Gasteiger partial charge in [-0.3, -0.25) is 9.56 Å². The predicted molar refractivity (Wildman–Crippen MR) is 115 cm³/mol. The number of rotatable bonds is 6. The van der Waals surface area contributed by atoms with Crippen LogP contribution in [-0.2, 0) is 6.42 Å². The summed E-state index contributed by atoms with van der Waals surface area (Å²) in [5.41, 5.74) is 4.34. The van der Waals surface area contributed by atoms with Crippen LogP contribution in [0.4, 0.5) is 0 Å². The Morgan fingerprint density at radius 1 is 1.15 bits per heavy atom. The molecule has 0 radical (unpaired) electrons. The number of nitrogens with zero attached hydrogens (tertiary/aromatic N) is 3. The molecule has 5 heteroatoms. The van der Waals surface area contributed by atoms with Gasteiger partial charge in [-0.25, -0.2) is 4.98 Å². The summed E-state index contributed by atoms with van der Waals surface area (Å²) in [4.78, 5) is 9.42. The average molecular weight is 380 g/mol. The van der Waals surface area contributed by atoms with Crippen molar-refractivity contribution in [2.45, 2.75) is 39.0 Å². The van der Waals surface area contributed by atoms with Crippen LogP contribution in [0.25, 0.3) is 22.2 Å². The number of aryl methyl sites for hydroxylation is 1. The molecule has 2 aromatic heterocycles. The summed E-state index contributed by atoms with van der Waals surface area (Å²) in [6.45, 7) is 3.12. The highest BCUT2D eigenvalue weighted by atomic mass is 32.2. The molecule has 3 heterocycles. The number of thioether (sulfide) groups is 1. The van der Waals surface area contributed by atoms with Gasteiger partial charge in [-0.2, -0.15) is 0 Å². The molecular formula is C22H25N3OS. The third-order valence-corrected chi connectivity index (χ3v) is 5.95. The number of phenolic OH excluding ortho intramolecular Hbond substituents is 1. The van der Waals surface area contributed by atoms with Gasteiger partial charge in [0.05, 0.1) is 6.54 Å². The lowest BCUT2D eigenvalue weighted by atomic mass is 10.0. The zero-order chi connectivity index (χ0) is 18.6. The van der Waals surface area contributed by atoms with Crippen LogP contribution in [0.5, 0.6) is 5.75 Å². The molecule has 0 saturated heterocycles. The van der Waals surface area contributed by atoms with Gasteiger partial charge in [-0.05, 0) is 42.2 Å². The molecule has 3 aromatic rings. The molecule has 1 aliphatic heterocycles. The summed E-state index contributed by atoms with van der Waals surface area (Å²) in [6, 6.07) is 9.58. The molecule has 0 fully saturated rings. The first kappa shape index (κ1) is 18.1. The van der Waals surface area contributed by atoms with E-state index in [4.69, 9.17) is 4.98 Å². The molecule has 4 rings (SSSR count). The van der Waals surface area contributed by atoms with Gasteiger partial charge in [0, 0.05) is 29.1 Å². The molecule has 0 atom stereocenters. The van der Waals surface area contributed by atoms with Crippen molar-refractivity contribution < 1.29 is 5.11 Å². The van der Waals surface area contributed by atoms with Crippen LogP contribution in [0.2, 0.25) is 0 Å². The van der Waals surface area contributed by atoms with E-state index in [1.165, 1.54) is 36.6 Å². The number of aromatic nitrogens is 2. The van der Waals surface area contributed by atoms with E-state index < -0.39 is 0 Å². The molecule has 1 aromatic carbocycles. The van der Waals surface area contributed by atoms with E-state index in [-0.39, 0.29) is 5.75 Å². The van der Waals surface area contributed by atoms with E-state index >= 15 is 0 Å². The number of hydrogen-bond donors (Lipinski definition) is 1. The number of pyridine rings is 1. The molecule has 1 N–H and O–H groups in total. The van der Waals surface area contributed by atoms with Gasteiger partial charge in [0.15, 0.2) is 5.17 Å². The summed E-state index contributed by atoms with van der Waals surface area (Å²) in [6.07, 6.45) is 10.2. The Kier molecular flexibility index (Phi) is 5.48. The molecule has 0 saturated carbocycles. The quantitative estimate of drug-likeness (QED) is 0.577. The molecular weight excluding hydrogens is 354 g/mol. The van der Waals surface area contributed by atoms with Gasteiger partial charge in [0.1, 0.15) is 11.4 Å². The van der Waals surface area contributed by atoms with Crippen molar-refractivity contribution in [1.29, 1.82) is 0 Å². The summed E-state index contributed by atoms with van der Waals surface area (Å²) >= 11 is 1.80. The van der Waals surface area contributed by atoms with Crippen molar-refractivity contribution >= 4 is 28.0 Å². The highest BCUT2D eigenvalue weighted by Gasteiger charge is 2.17. The molecule has 0 unspecified atom stereocenters. The molecule has 0 spiro atoms. The van der Waals surface area contributed by atoms with Crippen molar-refractivity contribution in [2.75, 3.05) is 12.3 Å². The fourth-order valence-electron chi connectivity index (χ4n) is 3.57. The zero-order valence-electron chi connectivity index (χ0n) is 15.7. The first-order valence-corrected chi connectivity index (χ1v) is 10.7. The second-order valence-electron chi connectivity index (χ2n) is 6.99. The standard InChI is InChI=1S/C22H25N3OS/c1-2-3-4-5-7-17-15-25(22-23-10-11-27-22)21-20(17)13-18(14-24-21)16-8-6-9-19(26)12-16/h6,8-9,12-15,26H,2-5,7,10-11H2,1H3. The summed E-state index contributed by atoms with van der Waals surface area (Å²) in [5.74, 6) is 1.32. The van der Waals surface area contributed by atoms with Gasteiger partial charge in [-0.1, -0.05) is 50.1 Å². The molecule has 140 valence electrons. The monoisotopic (exact) mass is 379 g/mol. The van der Waals surface area contributed by atoms with E-state index in [0.29, 0.717) is 0 Å². The Hall–Kier alpha value is -2.27. The lowest BCUT2D eigenvalue weighted by molar-refractivity contribution is 0.475. The van der Waals surface area contributed by atoms with Crippen LogP contribution in [0.3, 0.4) is 0 Å². The lowest BCUT2D eigenvalue weighted by Crippen LogP contribution is -2.04. The summed E-state index contributed by atoms with van der Waals surface area (Å²) < 4.78 is 2.16. The smallest absolute Gasteiger partial charge is 0.169 e. The molecule has 4 nitrogen and oxygen atoms in total. The Balaban J connectivity index is 1.75. The minimum absolute atomic E-state index is 0.279. The Labute approximate surface area is 164 Å². The van der Waals surface area contributed by atoms with Crippen molar-refractivity contribution in [1.82, 2.24) is 9.55 Å². The van der Waals surface area contributed by atoms with E-state index in [1.807, 2.05) is 18.3 Å². The minimum atomic E-state index is 0.279. The second-order valence-corrected chi connectivity index (χ2v) is 8.06. The van der Waals surface area contributed by atoms with Gasteiger partial charge >= 0.3 is 0 Å². The van der Waals surface area contributed by atoms with Gasteiger partial charge in [-0.15, -0.1) is 0 Å². The zero-order valence-corrected chi connectivity index (χ0v) is 16.5. The fraction of sp³-hybridized carbons (Fsp3) is 0.364. The van der Waals surface area contributed by atoms with Crippen LogP contribution < -0.4 is 0 Å². The maximum atomic E-state index is 9.81. The van der Waals surface area contributed by atoms with E-state index in [9.17, 15) is 5.11 Å². The topological polar surface area (TPSA) is 50.4 Å². The number of unbranched alkanes of at least 4 members (excludes halogenated alkanes) is 3. The van der Waals surface area contributed by atoms with Crippen LogP contribution in [0, 0.1) is 0 Å². The van der Waals surface area contributed by atoms with Gasteiger partial charge in [0.2, 0.25) is 0 Å². The normalized spacial score (nSPS) is 14.0. The number of fused-ring (bicyclic) bond motifs is 1. The Bertz CT molecular complexity index is 977. The molecule has 27 heavy (non-hydrogen) atoms. The maximum absolute atomic E-state index is 9.81. The Morgan fingerprint density at radius 2 is 2.07 bits per heavy atom. The number of benzene rings is 1. The minimum Gasteiger partial charge on any atom is -0.508 e. The van der Waals surface area contributed by atoms with Crippen molar-refractivity contribution in [3.8, 4) is 16.9 Å². The van der Waals surface area contributed by atoms with E-state index in [2.05, 4.69) is 28.7 Å². The molecule has 1 aliphatic rings. The maximum Gasteiger partial charge on any atom is 0.169 e. The molecule has 0 amide bonds. The largest absolute Gasteiger partial charge is 0.508 e. The third kappa shape index (κ3) is 3.88. The van der Waals surface area contributed by atoms with Crippen LogP contribution >= 0.6 is 11.8 Å². The van der Waals surface area contributed by atoms with E-state index in [0.717, 1.165) is 40.7 Å². The number of aliphatic imine (C=N–C) groups is 1. The number of aromatic hydroxyl groups is 1. The van der Waals surface area contributed by atoms with Crippen molar-refractivity contribution in [3.63, 3.8) is 0 Å². The third-order valence-electron chi connectivity index (χ3n) is 4.98. The average Bonchev–Trinajstić information content (AvgIpc) is 3.33. The summed E-state index contributed by atoms with van der Waals surface area (Å²) in [7, 11) is 0. The number of hydrogen-bond acceptors (Lipinski definition) is 4. The molecule has 0 bridgehead atoms. The first-order valence-electron chi connectivity index (χ1n) is 9.73. The second kappa shape index (κ2) is 8.17. The highest BCUT2D eigenvalue weighted by molar-refractivity contribution is 8.14. The predicted octanol–water partition coefficient (Wildman–Crippen LogP) is 5.48. The fourth-order valence-corrected chi connectivity index (χ4v) is 4.40.